The molecule has 0 aliphatic heterocycles. The first-order valence-corrected chi connectivity index (χ1v) is 5.45. The van der Waals surface area contributed by atoms with Crippen LogP contribution in [0.4, 0.5) is 5.82 Å². The number of rotatable bonds is 3. The average Bonchev–Trinajstić information content (AvgIpc) is 2.09. The van der Waals surface area contributed by atoms with E-state index >= 15 is 0 Å². The molecule has 1 aromatic heterocycles. The number of aryl methyl sites for hydroxylation is 2. The molecular formula is C11H18N4. The van der Waals surface area contributed by atoms with E-state index < -0.39 is 0 Å². The van der Waals surface area contributed by atoms with Gasteiger partial charge in [-0.2, -0.15) is 0 Å². The summed E-state index contributed by atoms with van der Waals surface area (Å²) in [4.78, 5) is 8.57. The van der Waals surface area contributed by atoms with Crippen LogP contribution >= 0.6 is 0 Å². The number of hydrogen-bond donors (Lipinski definition) is 2. The zero-order valence-electron chi connectivity index (χ0n) is 9.33. The van der Waals surface area contributed by atoms with Crippen LogP contribution in [0, 0.1) is 19.8 Å². The van der Waals surface area contributed by atoms with Crippen molar-refractivity contribution in [2.75, 3.05) is 11.9 Å². The zero-order chi connectivity index (χ0) is 10.8. The smallest absolute Gasteiger partial charge is 0.129 e. The van der Waals surface area contributed by atoms with Crippen molar-refractivity contribution >= 4 is 5.82 Å². The molecule has 0 bridgehead atoms. The molecular weight excluding hydrogens is 188 g/mol. The summed E-state index contributed by atoms with van der Waals surface area (Å²) in [6, 6.07) is 2.40. The molecule has 0 amide bonds. The normalized spacial score (nSPS) is 24.7. The van der Waals surface area contributed by atoms with Crippen molar-refractivity contribution in [2.24, 2.45) is 11.7 Å². The molecule has 2 rings (SSSR count). The Morgan fingerprint density at radius 2 is 2.13 bits per heavy atom. The van der Waals surface area contributed by atoms with Gasteiger partial charge in [0, 0.05) is 24.3 Å². The maximum Gasteiger partial charge on any atom is 0.129 e. The van der Waals surface area contributed by atoms with Gasteiger partial charge >= 0.3 is 0 Å². The molecule has 4 nitrogen and oxygen atoms in total. The van der Waals surface area contributed by atoms with Crippen LogP contribution in [0.15, 0.2) is 6.07 Å². The van der Waals surface area contributed by atoms with Crippen molar-refractivity contribution in [1.29, 1.82) is 0 Å². The predicted molar refractivity (Wildman–Crippen MR) is 60.7 cm³/mol. The summed E-state index contributed by atoms with van der Waals surface area (Å²) < 4.78 is 0. The Bertz CT molecular complexity index is 324. The van der Waals surface area contributed by atoms with E-state index in [0.29, 0.717) is 6.04 Å². The SMILES string of the molecule is Cc1cc(NCC2CC(N)C2)nc(C)n1. The van der Waals surface area contributed by atoms with Crippen LogP contribution < -0.4 is 11.1 Å². The van der Waals surface area contributed by atoms with Gasteiger partial charge in [0.15, 0.2) is 0 Å². The maximum atomic E-state index is 5.73. The van der Waals surface area contributed by atoms with Crippen LogP contribution in [-0.4, -0.2) is 22.6 Å². The van der Waals surface area contributed by atoms with E-state index in [9.17, 15) is 0 Å². The molecule has 0 atom stereocenters. The van der Waals surface area contributed by atoms with Gasteiger partial charge in [0.25, 0.3) is 0 Å². The Kier molecular flexibility index (Phi) is 2.86. The Balaban J connectivity index is 1.88. The second kappa shape index (κ2) is 4.14. The molecule has 3 N–H and O–H groups in total. The summed E-state index contributed by atoms with van der Waals surface area (Å²) in [5.74, 6) is 2.47. The summed E-state index contributed by atoms with van der Waals surface area (Å²) in [7, 11) is 0. The summed E-state index contributed by atoms with van der Waals surface area (Å²) in [5, 5.41) is 3.34. The quantitative estimate of drug-likeness (QED) is 0.781. The third kappa shape index (κ3) is 2.65. The van der Waals surface area contributed by atoms with Crippen LogP contribution in [0.25, 0.3) is 0 Å². The van der Waals surface area contributed by atoms with Gasteiger partial charge in [0.05, 0.1) is 0 Å². The number of nitrogens with two attached hydrogens (primary N) is 1. The Labute approximate surface area is 90.3 Å². The molecule has 0 aromatic carbocycles. The molecule has 0 spiro atoms. The number of nitrogens with zero attached hydrogens (tertiary/aromatic N) is 2. The van der Waals surface area contributed by atoms with Crippen LogP contribution in [0.5, 0.6) is 0 Å². The fourth-order valence-corrected chi connectivity index (χ4v) is 2.01. The van der Waals surface area contributed by atoms with Gasteiger partial charge in [-0.15, -0.1) is 0 Å². The molecule has 1 aliphatic carbocycles. The fourth-order valence-electron chi connectivity index (χ4n) is 2.01. The molecule has 1 aromatic rings. The standard InChI is InChI=1S/C11H18N4/c1-7-3-11(15-8(2)14-7)13-6-9-4-10(12)5-9/h3,9-10H,4-6,12H2,1-2H3,(H,13,14,15). The lowest BCUT2D eigenvalue weighted by Gasteiger charge is -2.32. The van der Waals surface area contributed by atoms with Gasteiger partial charge < -0.3 is 11.1 Å². The lowest BCUT2D eigenvalue weighted by atomic mass is 9.81. The van der Waals surface area contributed by atoms with Crippen molar-refractivity contribution in [2.45, 2.75) is 32.7 Å². The molecule has 1 heterocycles. The first-order chi connectivity index (χ1) is 7.13. The topological polar surface area (TPSA) is 63.8 Å². The van der Waals surface area contributed by atoms with Gasteiger partial charge in [-0.25, -0.2) is 9.97 Å². The van der Waals surface area contributed by atoms with Gasteiger partial charge in [-0.05, 0) is 32.6 Å². The van der Waals surface area contributed by atoms with Crippen LogP contribution in [0.1, 0.15) is 24.4 Å². The minimum Gasteiger partial charge on any atom is -0.370 e. The highest BCUT2D eigenvalue weighted by Crippen LogP contribution is 2.25. The molecule has 82 valence electrons. The summed E-state index contributed by atoms with van der Waals surface area (Å²) in [6.45, 7) is 4.88. The van der Waals surface area contributed by atoms with E-state index in [4.69, 9.17) is 5.73 Å². The van der Waals surface area contributed by atoms with Crippen LogP contribution in [-0.2, 0) is 0 Å². The number of nitrogens with one attached hydrogen (secondary N) is 1. The molecule has 1 saturated carbocycles. The molecule has 0 radical (unpaired) electrons. The number of anilines is 1. The molecule has 4 heteroatoms. The highest BCUT2D eigenvalue weighted by atomic mass is 15.0. The highest BCUT2D eigenvalue weighted by molar-refractivity contribution is 5.35. The van der Waals surface area contributed by atoms with Crippen molar-refractivity contribution < 1.29 is 0 Å². The summed E-state index contributed by atoms with van der Waals surface area (Å²) in [5.41, 5.74) is 6.74. The lowest BCUT2D eigenvalue weighted by molar-refractivity contribution is 0.280. The van der Waals surface area contributed by atoms with E-state index in [1.54, 1.807) is 0 Å². The van der Waals surface area contributed by atoms with Gasteiger partial charge in [0.2, 0.25) is 0 Å². The highest BCUT2D eigenvalue weighted by Gasteiger charge is 2.25. The second-order valence-corrected chi connectivity index (χ2v) is 4.42. The average molecular weight is 206 g/mol. The lowest BCUT2D eigenvalue weighted by Crippen LogP contribution is -2.39. The van der Waals surface area contributed by atoms with Crippen molar-refractivity contribution in [3.63, 3.8) is 0 Å². The van der Waals surface area contributed by atoms with Crippen molar-refractivity contribution in [1.82, 2.24) is 9.97 Å². The van der Waals surface area contributed by atoms with Crippen molar-refractivity contribution in [3.8, 4) is 0 Å². The number of hydrogen-bond acceptors (Lipinski definition) is 4. The van der Waals surface area contributed by atoms with Crippen LogP contribution in [0.2, 0.25) is 0 Å². The van der Waals surface area contributed by atoms with Crippen molar-refractivity contribution in [3.05, 3.63) is 17.6 Å². The van der Waals surface area contributed by atoms with E-state index in [0.717, 1.165) is 42.6 Å². The van der Waals surface area contributed by atoms with E-state index in [1.807, 2.05) is 19.9 Å². The van der Waals surface area contributed by atoms with Gasteiger partial charge in [-0.3, -0.25) is 0 Å². The minimum absolute atomic E-state index is 0.422. The summed E-state index contributed by atoms with van der Waals surface area (Å²) in [6.07, 6.45) is 2.27. The molecule has 0 unspecified atom stereocenters. The third-order valence-corrected chi connectivity index (χ3v) is 2.81. The molecule has 1 aliphatic rings. The van der Waals surface area contributed by atoms with E-state index in [2.05, 4.69) is 15.3 Å². The third-order valence-electron chi connectivity index (χ3n) is 2.81. The van der Waals surface area contributed by atoms with E-state index in [-0.39, 0.29) is 0 Å². The first kappa shape index (κ1) is 10.4. The van der Waals surface area contributed by atoms with Gasteiger partial charge in [-0.1, -0.05) is 0 Å². The molecule has 15 heavy (non-hydrogen) atoms. The largest absolute Gasteiger partial charge is 0.370 e. The van der Waals surface area contributed by atoms with E-state index in [1.165, 1.54) is 0 Å². The molecule has 1 fully saturated rings. The first-order valence-electron chi connectivity index (χ1n) is 5.45. The van der Waals surface area contributed by atoms with Gasteiger partial charge in [0.1, 0.15) is 11.6 Å². The molecule has 0 saturated heterocycles. The second-order valence-electron chi connectivity index (χ2n) is 4.42. The Hall–Kier alpha value is -1.16. The Morgan fingerprint density at radius 3 is 2.73 bits per heavy atom. The fraction of sp³-hybridized carbons (Fsp3) is 0.636. The maximum absolute atomic E-state index is 5.73. The predicted octanol–water partition coefficient (Wildman–Crippen LogP) is 1.24. The Morgan fingerprint density at radius 1 is 1.40 bits per heavy atom. The number of aromatic nitrogens is 2. The monoisotopic (exact) mass is 206 g/mol. The zero-order valence-corrected chi connectivity index (χ0v) is 9.33. The van der Waals surface area contributed by atoms with Crippen LogP contribution in [0.3, 0.4) is 0 Å². The summed E-state index contributed by atoms with van der Waals surface area (Å²) >= 11 is 0. The minimum atomic E-state index is 0.422.